The van der Waals surface area contributed by atoms with Crippen molar-refractivity contribution in [1.82, 2.24) is 14.3 Å². The summed E-state index contributed by atoms with van der Waals surface area (Å²) >= 11 is 1.22. The minimum absolute atomic E-state index is 0.0865. The van der Waals surface area contributed by atoms with E-state index in [2.05, 4.69) is 5.32 Å². The maximum atomic E-state index is 11.9. The highest BCUT2D eigenvalue weighted by molar-refractivity contribution is 7.88. The number of carbonyl (C=O) groups excluding carboxylic acids is 2. The lowest BCUT2D eigenvalue weighted by Crippen LogP contribution is -2.29. The van der Waals surface area contributed by atoms with Crippen LogP contribution in [0.3, 0.4) is 0 Å². The molecule has 0 atom stereocenters. The normalized spacial score (nSPS) is 18.0. The van der Waals surface area contributed by atoms with Gasteiger partial charge in [0, 0.05) is 11.4 Å². The highest BCUT2D eigenvalue weighted by Crippen LogP contribution is 2.20. The predicted molar refractivity (Wildman–Crippen MR) is 79.0 cm³/mol. The molecule has 1 aromatic rings. The Bertz CT molecular complexity index is 651. The molecule has 0 aliphatic carbocycles. The first-order valence-electron chi connectivity index (χ1n) is 6.45. The van der Waals surface area contributed by atoms with E-state index in [0.717, 1.165) is 4.31 Å². The number of hydrogen-bond donors (Lipinski definition) is 2. The third-order valence-corrected chi connectivity index (χ3v) is 5.28. The predicted octanol–water partition coefficient (Wildman–Crippen LogP) is 0.311. The fourth-order valence-electron chi connectivity index (χ4n) is 1.77. The van der Waals surface area contributed by atoms with Crippen LogP contribution in [0.5, 0.6) is 0 Å². The lowest BCUT2D eigenvalue weighted by atomic mass is 10.2. The summed E-state index contributed by atoms with van der Waals surface area (Å²) < 4.78 is 26.2. The van der Waals surface area contributed by atoms with Crippen LogP contribution < -0.4 is 10.0 Å². The van der Waals surface area contributed by atoms with Crippen molar-refractivity contribution in [2.45, 2.75) is 20.4 Å². The Kier molecular flexibility index (Phi) is 4.64. The summed E-state index contributed by atoms with van der Waals surface area (Å²) in [7, 11) is -3.73. The molecule has 1 fully saturated rings. The van der Waals surface area contributed by atoms with Crippen LogP contribution in [0.25, 0.3) is 0 Å². The second-order valence-corrected chi connectivity index (χ2v) is 8.01. The summed E-state index contributed by atoms with van der Waals surface area (Å²) in [5.74, 6) is -0.347. The van der Waals surface area contributed by atoms with Crippen LogP contribution >= 0.6 is 11.3 Å². The summed E-state index contributed by atoms with van der Waals surface area (Å²) in [5.41, 5.74) is 0. The van der Waals surface area contributed by atoms with Gasteiger partial charge < -0.3 is 5.32 Å². The minimum Gasteiger partial charge on any atom is -0.351 e. The first-order valence-corrected chi connectivity index (χ1v) is 8.71. The first kappa shape index (κ1) is 15.9. The molecular formula is C12H17N3O4S2. The van der Waals surface area contributed by atoms with Gasteiger partial charge in [-0.2, -0.15) is 12.7 Å². The Balaban J connectivity index is 2.00. The fraction of sp³-hybridized carbons (Fsp3) is 0.500. The SMILES string of the molecule is CC(C)CNC(=O)c1ccc(CN2CC(=O)NS2(=O)=O)s1. The Hall–Kier alpha value is -1.45. The van der Waals surface area contributed by atoms with E-state index in [1.165, 1.54) is 11.3 Å². The minimum atomic E-state index is -3.73. The van der Waals surface area contributed by atoms with Crippen molar-refractivity contribution in [2.75, 3.05) is 13.1 Å². The Labute approximate surface area is 127 Å². The van der Waals surface area contributed by atoms with Crippen LogP contribution in [0.4, 0.5) is 0 Å². The third-order valence-electron chi connectivity index (χ3n) is 2.79. The molecule has 0 saturated carbocycles. The summed E-state index contributed by atoms with van der Waals surface area (Å²) in [6.45, 7) is 4.49. The van der Waals surface area contributed by atoms with Crippen molar-refractivity contribution in [3.63, 3.8) is 0 Å². The van der Waals surface area contributed by atoms with Gasteiger partial charge in [-0.3, -0.25) is 9.59 Å². The van der Waals surface area contributed by atoms with Gasteiger partial charge in [-0.25, -0.2) is 4.72 Å². The largest absolute Gasteiger partial charge is 0.351 e. The summed E-state index contributed by atoms with van der Waals surface area (Å²) in [5, 5.41) is 2.80. The molecule has 2 rings (SSSR count). The third kappa shape index (κ3) is 4.02. The molecular weight excluding hydrogens is 314 g/mol. The molecule has 1 aliphatic heterocycles. The van der Waals surface area contributed by atoms with E-state index in [9.17, 15) is 18.0 Å². The van der Waals surface area contributed by atoms with Crippen molar-refractivity contribution in [3.05, 3.63) is 21.9 Å². The van der Waals surface area contributed by atoms with Crippen molar-refractivity contribution in [3.8, 4) is 0 Å². The number of carbonyl (C=O) groups is 2. The maximum Gasteiger partial charge on any atom is 0.304 e. The number of nitrogens with zero attached hydrogens (tertiary/aromatic N) is 1. The summed E-state index contributed by atoms with van der Waals surface area (Å²) in [6, 6.07) is 3.36. The molecule has 116 valence electrons. The van der Waals surface area contributed by atoms with Crippen molar-refractivity contribution in [1.29, 1.82) is 0 Å². The highest BCUT2D eigenvalue weighted by Gasteiger charge is 2.33. The maximum absolute atomic E-state index is 11.9. The molecule has 0 unspecified atom stereocenters. The average molecular weight is 331 g/mol. The van der Waals surface area contributed by atoms with Gasteiger partial charge in [0.1, 0.15) is 0 Å². The van der Waals surface area contributed by atoms with Crippen molar-refractivity contribution < 1.29 is 18.0 Å². The molecule has 2 heterocycles. The number of hydrogen-bond acceptors (Lipinski definition) is 5. The van der Waals surface area contributed by atoms with Crippen LogP contribution in [-0.4, -0.2) is 37.6 Å². The molecule has 2 N–H and O–H groups in total. The van der Waals surface area contributed by atoms with Gasteiger partial charge in [-0.05, 0) is 18.1 Å². The monoisotopic (exact) mass is 331 g/mol. The molecule has 0 aromatic carbocycles. The first-order chi connectivity index (χ1) is 9.78. The lowest BCUT2D eigenvalue weighted by Gasteiger charge is -2.10. The number of rotatable bonds is 5. The van der Waals surface area contributed by atoms with Gasteiger partial charge in [-0.15, -0.1) is 11.3 Å². The number of amides is 2. The van der Waals surface area contributed by atoms with Crippen molar-refractivity contribution >= 4 is 33.4 Å². The molecule has 0 radical (unpaired) electrons. The van der Waals surface area contributed by atoms with Crippen LogP contribution in [0.1, 0.15) is 28.4 Å². The van der Waals surface area contributed by atoms with Crippen LogP contribution in [0, 0.1) is 5.92 Å². The molecule has 7 nitrogen and oxygen atoms in total. The van der Waals surface area contributed by atoms with Gasteiger partial charge >= 0.3 is 10.2 Å². The second kappa shape index (κ2) is 6.12. The topological polar surface area (TPSA) is 95.6 Å². The molecule has 2 amide bonds. The number of thiophene rings is 1. The van der Waals surface area contributed by atoms with Gasteiger partial charge in [0.05, 0.1) is 18.0 Å². The van der Waals surface area contributed by atoms with E-state index >= 15 is 0 Å². The summed E-state index contributed by atoms with van der Waals surface area (Å²) in [4.78, 5) is 24.3. The molecule has 0 spiro atoms. The Morgan fingerprint density at radius 2 is 2.19 bits per heavy atom. The zero-order valence-electron chi connectivity index (χ0n) is 11.8. The highest BCUT2D eigenvalue weighted by atomic mass is 32.2. The van der Waals surface area contributed by atoms with Crippen LogP contribution in [0.15, 0.2) is 12.1 Å². The van der Waals surface area contributed by atoms with E-state index in [1.807, 2.05) is 18.6 Å². The van der Waals surface area contributed by atoms with E-state index in [0.29, 0.717) is 22.2 Å². The van der Waals surface area contributed by atoms with E-state index in [1.54, 1.807) is 12.1 Å². The van der Waals surface area contributed by atoms with Gasteiger partial charge in [0.15, 0.2) is 0 Å². The smallest absolute Gasteiger partial charge is 0.304 e. The standard InChI is InChI=1S/C12H17N3O4S2/c1-8(2)5-13-12(17)10-4-3-9(20-10)6-15-7-11(16)14-21(15,18)19/h3-4,8H,5-7H2,1-2H3,(H,13,17)(H,14,16). The van der Waals surface area contributed by atoms with Crippen molar-refractivity contribution in [2.24, 2.45) is 5.92 Å². The average Bonchev–Trinajstić information content (AvgIpc) is 2.92. The quantitative estimate of drug-likeness (QED) is 0.812. The van der Waals surface area contributed by atoms with Gasteiger partial charge in [0.25, 0.3) is 5.91 Å². The molecule has 9 heteroatoms. The molecule has 0 bridgehead atoms. The summed E-state index contributed by atoms with van der Waals surface area (Å²) in [6.07, 6.45) is 0. The molecule has 1 aromatic heterocycles. The Morgan fingerprint density at radius 3 is 2.76 bits per heavy atom. The van der Waals surface area contributed by atoms with E-state index in [-0.39, 0.29) is 19.0 Å². The molecule has 1 saturated heterocycles. The lowest BCUT2D eigenvalue weighted by molar-refractivity contribution is -0.118. The molecule has 1 aliphatic rings. The second-order valence-electron chi connectivity index (χ2n) is 5.17. The zero-order chi connectivity index (χ0) is 15.6. The van der Waals surface area contributed by atoms with Crippen LogP contribution in [-0.2, 0) is 21.5 Å². The van der Waals surface area contributed by atoms with E-state index in [4.69, 9.17) is 0 Å². The zero-order valence-corrected chi connectivity index (χ0v) is 13.4. The fourth-order valence-corrected chi connectivity index (χ4v) is 3.87. The Morgan fingerprint density at radius 1 is 1.48 bits per heavy atom. The van der Waals surface area contributed by atoms with Gasteiger partial charge in [0.2, 0.25) is 5.91 Å². The number of nitrogens with one attached hydrogen (secondary N) is 2. The molecule has 21 heavy (non-hydrogen) atoms. The van der Waals surface area contributed by atoms with E-state index < -0.39 is 16.1 Å². The van der Waals surface area contributed by atoms with Crippen LogP contribution in [0.2, 0.25) is 0 Å². The van der Waals surface area contributed by atoms with Gasteiger partial charge in [-0.1, -0.05) is 13.8 Å².